The van der Waals surface area contributed by atoms with Crippen molar-refractivity contribution in [3.63, 3.8) is 0 Å². The molecule has 4 nitrogen and oxygen atoms in total. The van der Waals surface area contributed by atoms with Crippen LogP contribution in [0.5, 0.6) is 5.75 Å². The third-order valence-corrected chi connectivity index (χ3v) is 5.06. The number of aromatic nitrogens is 1. The van der Waals surface area contributed by atoms with Gasteiger partial charge in [0, 0.05) is 21.7 Å². The highest BCUT2D eigenvalue weighted by atomic mass is 35.5. The molecule has 0 fully saturated rings. The first-order valence-electron chi connectivity index (χ1n) is 8.86. The molecule has 0 saturated carbocycles. The fourth-order valence-corrected chi connectivity index (χ4v) is 3.46. The molecule has 0 aliphatic rings. The smallest absolute Gasteiger partial charge is 0.256 e. The van der Waals surface area contributed by atoms with Crippen molar-refractivity contribution >= 4 is 45.7 Å². The Hall–Kier alpha value is -3.08. The van der Waals surface area contributed by atoms with Crippen LogP contribution >= 0.6 is 23.2 Å². The maximum Gasteiger partial charge on any atom is 0.256 e. The van der Waals surface area contributed by atoms with Crippen molar-refractivity contribution in [3.05, 3.63) is 88.4 Å². The zero-order valence-electron chi connectivity index (χ0n) is 15.4. The van der Waals surface area contributed by atoms with E-state index >= 15 is 0 Å². The molecule has 29 heavy (non-hydrogen) atoms. The van der Waals surface area contributed by atoms with Crippen molar-refractivity contribution in [1.82, 2.24) is 4.98 Å². The highest BCUT2D eigenvalue weighted by Gasteiger charge is 2.15. The van der Waals surface area contributed by atoms with Crippen LogP contribution in [-0.2, 0) is 0 Å². The van der Waals surface area contributed by atoms with Gasteiger partial charge < -0.3 is 10.1 Å². The van der Waals surface area contributed by atoms with E-state index in [-0.39, 0.29) is 5.91 Å². The summed E-state index contributed by atoms with van der Waals surface area (Å²) in [5.74, 6) is 0.295. The predicted molar refractivity (Wildman–Crippen MR) is 118 cm³/mol. The highest BCUT2D eigenvalue weighted by Crippen LogP contribution is 2.29. The van der Waals surface area contributed by atoms with E-state index in [9.17, 15) is 4.79 Å². The van der Waals surface area contributed by atoms with Crippen LogP contribution in [0.15, 0.2) is 72.8 Å². The van der Waals surface area contributed by atoms with E-state index < -0.39 is 0 Å². The zero-order chi connectivity index (χ0) is 20.4. The standard InChI is InChI=1S/C23H16Cl2N2O2/c1-29-22-11-10-16(12-19(22)25)26-23(28)18-13-21(14-6-8-15(24)9-7-14)27-20-5-3-2-4-17(18)20/h2-13H,1H3,(H,26,28). The number of amides is 1. The second-order valence-corrected chi connectivity index (χ2v) is 7.23. The number of pyridine rings is 1. The Morgan fingerprint density at radius 2 is 1.72 bits per heavy atom. The second-order valence-electron chi connectivity index (χ2n) is 6.38. The molecule has 0 unspecified atom stereocenters. The molecule has 1 N–H and O–H groups in total. The van der Waals surface area contributed by atoms with Gasteiger partial charge in [-0.2, -0.15) is 0 Å². The van der Waals surface area contributed by atoms with Crippen molar-refractivity contribution in [2.24, 2.45) is 0 Å². The van der Waals surface area contributed by atoms with Crippen molar-refractivity contribution in [3.8, 4) is 17.0 Å². The van der Waals surface area contributed by atoms with Gasteiger partial charge in [0.15, 0.2) is 0 Å². The Balaban J connectivity index is 1.76. The van der Waals surface area contributed by atoms with Gasteiger partial charge in [0.05, 0.1) is 28.9 Å². The number of nitrogens with zero attached hydrogens (tertiary/aromatic N) is 1. The normalized spacial score (nSPS) is 10.7. The molecule has 1 heterocycles. The fraction of sp³-hybridized carbons (Fsp3) is 0.0435. The molecule has 144 valence electrons. The number of halogens is 2. The fourth-order valence-electron chi connectivity index (χ4n) is 3.07. The van der Waals surface area contributed by atoms with E-state index in [0.29, 0.717) is 32.7 Å². The first-order valence-corrected chi connectivity index (χ1v) is 9.61. The topological polar surface area (TPSA) is 51.2 Å². The number of benzene rings is 3. The summed E-state index contributed by atoms with van der Waals surface area (Å²) >= 11 is 12.2. The van der Waals surface area contributed by atoms with Crippen LogP contribution < -0.4 is 10.1 Å². The molecule has 1 aromatic heterocycles. The molecule has 0 saturated heterocycles. The van der Waals surface area contributed by atoms with Gasteiger partial charge in [-0.3, -0.25) is 4.79 Å². The summed E-state index contributed by atoms with van der Waals surface area (Å²) in [6.45, 7) is 0. The summed E-state index contributed by atoms with van der Waals surface area (Å²) in [5.41, 5.74) is 3.40. The van der Waals surface area contributed by atoms with Gasteiger partial charge in [0.1, 0.15) is 5.75 Å². The number of ether oxygens (including phenoxy) is 1. The number of carbonyl (C=O) groups is 1. The number of rotatable bonds is 4. The summed E-state index contributed by atoms with van der Waals surface area (Å²) in [6.07, 6.45) is 0. The van der Waals surface area contributed by atoms with E-state index in [0.717, 1.165) is 16.5 Å². The van der Waals surface area contributed by atoms with Crippen LogP contribution in [-0.4, -0.2) is 18.0 Å². The van der Waals surface area contributed by atoms with Crippen molar-refractivity contribution in [2.75, 3.05) is 12.4 Å². The third-order valence-electron chi connectivity index (χ3n) is 4.51. The number of para-hydroxylation sites is 1. The molecule has 0 aliphatic carbocycles. The minimum Gasteiger partial charge on any atom is -0.495 e. The average Bonchev–Trinajstić information content (AvgIpc) is 2.73. The Labute approximate surface area is 178 Å². The molecule has 4 rings (SSSR count). The first kappa shape index (κ1) is 19.2. The molecular formula is C23H16Cl2N2O2. The van der Waals surface area contributed by atoms with Gasteiger partial charge in [-0.15, -0.1) is 0 Å². The summed E-state index contributed by atoms with van der Waals surface area (Å²) < 4.78 is 5.16. The maximum atomic E-state index is 13.1. The molecule has 0 aliphatic heterocycles. The average molecular weight is 423 g/mol. The van der Waals surface area contributed by atoms with Crippen molar-refractivity contribution in [1.29, 1.82) is 0 Å². The Bertz CT molecular complexity index is 1210. The summed E-state index contributed by atoms with van der Waals surface area (Å²) in [5, 5.41) is 4.73. The second kappa shape index (κ2) is 8.11. The molecule has 0 bridgehead atoms. The van der Waals surface area contributed by atoms with Crippen LogP contribution in [0.25, 0.3) is 22.2 Å². The third kappa shape index (κ3) is 4.04. The largest absolute Gasteiger partial charge is 0.495 e. The van der Waals surface area contributed by atoms with Crippen LogP contribution in [0.4, 0.5) is 5.69 Å². The Morgan fingerprint density at radius 3 is 2.45 bits per heavy atom. The lowest BCUT2D eigenvalue weighted by molar-refractivity contribution is 0.102. The minimum atomic E-state index is -0.250. The SMILES string of the molecule is COc1ccc(NC(=O)c2cc(-c3ccc(Cl)cc3)nc3ccccc23)cc1Cl. The van der Waals surface area contributed by atoms with Gasteiger partial charge in [-0.25, -0.2) is 4.98 Å². The lowest BCUT2D eigenvalue weighted by atomic mass is 10.0. The number of methoxy groups -OCH3 is 1. The van der Waals surface area contributed by atoms with Crippen molar-refractivity contribution < 1.29 is 9.53 Å². The van der Waals surface area contributed by atoms with Crippen LogP contribution in [0.3, 0.4) is 0 Å². The van der Waals surface area contributed by atoms with Gasteiger partial charge >= 0.3 is 0 Å². The lowest BCUT2D eigenvalue weighted by Crippen LogP contribution is -2.13. The summed E-state index contributed by atoms with van der Waals surface area (Å²) in [7, 11) is 1.54. The predicted octanol–water partition coefficient (Wildman–Crippen LogP) is 6.47. The van der Waals surface area contributed by atoms with Crippen LogP contribution in [0.1, 0.15) is 10.4 Å². The zero-order valence-corrected chi connectivity index (χ0v) is 17.0. The number of fused-ring (bicyclic) bond motifs is 1. The molecule has 0 radical (unpaired) electrons. The van der Waals surface area contributed by atoms with Crippen LogP contribution in [0, 0.1) is 0 Å². The number of carbonyl (C=O) groups excluding carboxylic acids is 1. The summed E-state index contributed by atoms with van der Waals surface area (Å²) in [6, 6.07) is 21.8. The summed E-state index contributed by atoms with van der Waals surface area (Å²) in [4.78, 5) is 17.8. The van der Waals surface area contributed by atoms with Gasteiger partial charge in [0.2, 0.25) is 0 Å². The molecular weight excluding hydrogens is 407 g/mol. The molecule has 6 heteroatoms. The highest BCUT2D eigenvalue weighted by molar-refractivity contribution is 6.32. The Morgan fingerprint density at radius 1 is 0.966 bits per heavy atom. The van der Waals surface area contributed by atoms with E-state index in [2.05, 4.69) is 5.32 Å². The van der Waals surface area contributed by atoms with E-state index in [1.54, 1.807) is 43.5 Å². The minimum absolute atomic E-state index is 0.250. The quantitative estimate of drug-likeness (QED) is 0.409. The molecule has 0 atom stereocenters. The van der Waals surface area contributed by atoms with E-state index in [4.69, 9.17) is 32.9 Å². The number of anilines is 1. The number of nitrogens with one attached hydrogen (secondary N) is 1. The van der Waals surface area contributed by atoms with Gasteiger partial charge in [0.25, 0.3) is 5.91 Å². The number of hydrogen-bond acceptors (Lipinski definition) is 3. The van der Waals surface area contributed by atoms with Gasteiger partial charge in [-0.05, 0) is 42.5 Å². The molecule has 4 aromatic rings. The molecule has 3 aromatic carbocycles. The van der Waals surface area contributed by atoms with Crippen LogP contribution in [0.2, 0.25) is 10.0 Å². The Kier molecular flexibility index (Phi) is 5.38. The maximum absolute atomic E-state index is 13.1. The monoisotopic (exact) mass is 422 g/mol. The van der Waals surface area contributed by atoms with E-state index in [1.807, 2.05) is 36.4 Å². The molecule has 0 spiro atoms. The lowest BCUT2D eigenvalue weighted by Gasteiger charge is -2.12. The van der Waals surface area contributed by atoms with E-state index in [1.165, 1.54) is 0 Å². The first-order chi connectivity index (χ1) is 14.0. The van der Waals surface area contributed by atoms with Gasteiger partial charge in [-0.1, -0.05) is 53.5 Å². The van der Waals surface area contributed by atoms with Crippen molar-refractivity contribution in [2.45, 2.75) is 0 Å². The molecule has 1 amide bonds. The number of hydrogen-bond donors (Lipinski definition) is 1.